The van der Waals surface area contributed by atoms with Crippen molar-refractivity contribution in [1.29, 1.82) is 0 Å². The summed E-state index contributed by atoms with van der Waals surface area (Å²) in [6.45, 7) is 16.8. The summed E-state index contributed by atoms with van der Waals surface area (Å²) >= 11 is 0. The van der Waals surface area contributed by atoms with Crippen molar-refractivity contribution in [2.45, 2.75) is 118 Å². The van der Waals surface area contributed by atoms with Crippen molar-refractivity contribution in [2.75, 3.05) is 79.3 Å². The van der Waals surface area contributed by atoms with Gasteiger partial charge in [-0.2, -0.15) is 0 Å². The Bertz CT molecular complexity index is 977. The molecule has 53 heavy (non-hydrogen) atoms. The smallest absolute Gasteiger partial charge is 0.222 e. The van der Waals surface area contributed by atoms with Crippen LogP contribution < -0.4 is 16.0 Å². The molecule has 0 fully saturated rings. The van der Waals surface area contributed by atoms with E-state index in [4.69, 9.17) is 28.4 Å². The van der Waals surface area contributed by atoms with E-state index in [0.717, 1.165) is 0 Å². The Morgan fingerprint density at radius 1 is 0.415 bits per heavy atom. The van der Waals surface area contributed by atoms with Gasteiger partial charge in [0, 0.05) is 56.4 Å². The molecule has 0 aliphatic heterocycles. The Balaban J connectivity index is 4.73. The van der Waals surface area contributed by atoms with Crippen molar-refractivity contribution in [3.63, 3.8) is 0 Å². The molecule has 308 valence electrons. The van der Waals surface area contributed by atoms with Gasteiger partial charge in [-0.1, -0.05) is 41.5 Å². The number of carbonyl (C=O) groups is 6. The maximum atomic E-state index is 12.7. The second kappa shape index (κ2) is 31.7. The highest BCUT2D eigenvalue weighted by Gasteiger charge is 2.18. The number of amides is 2. The van der Waals surface area contributed by atoms with Crippen molar-refractivity contribution in [2.24, 2.45) is 11.8 Å². The standard InChI is InChI=1S/C38H69N3O12/c1-27(2)35(44)11-17-50-25-33(23-48-15-9-30(7)42)40-37(46)13-19-52-21-32(39-29(5)6)22-53-20-14-38(47)41-34(24-49-16-10-31(8)43)26-51-18-12-36(45)28(3)4/h27-29,32-34,39H,9-26H2,1-8H3,(H,40,46)(H,41,47). The molecule has 0 radical (unpaired) electrons. The minimum absolute atomic E-state index is 0.0102. The van der Waals surface area contributed by atoms with Crippen LogP contribution in [0, 0.1) is 11.8 Å². The molecule has 0 aliphatic carbocycles. The van der Waals surface area contributed by atoms with Crippen LogP contribution in [0.1, 0.15) is 93.9 Å². The Morgan fingerprint density at radius 2 is 0.698 bits per heavy atom. The molecule has 0 heterocycles. The highest BCUT2D eigenvalue weighted by Crippen LogP contribution is 2.02. The maximum absolute atomic E-state index is 12.7. The van der Waals surface area contributed by atoms with E-state index >= 15 is 0 Å². The number of ether oxygens (including phenoxy) is 6. The van der Waals surface area contributed by atoms with Gasteiger partial charge in [0.15, 0.2) is 0 Å². The van der Waals surface area contributed by atoms with Gasteiger partial charge in [-0.05, 0) is 13.8 Å². The van der Waals surface area contributed by atoms with Crippen LogP contribution in [0.2, 0.25) is 0 Å². The number of rotatable bonds is 36. The second-order valence-corrected chi connectivity index (χ2v) is 14.1. The molecule has 0 spiro atoms. The van der Waals surface area contributed by atoms with Gasteiger partial charge in [0.05, 0.1) is 97.4 Å². The zero-order valence-electron chi connectivity index (χ0n) is 33.6. The van der Waals surface area contributed by atoms with Gasteiger partial charge < -0.3 is 44.4 Å². The van der Waals surface area contributed by atoms with Crippen LogP contribution in [0.5, 0.6) is 0 Å². The second-order valence-electron chi connectivity index (χ2n) is 14.1. The van der Waals surface area contributed by atoms with E-state index in [1.165, 1.54) is 13.8 Å². The van der Waals surface area contributed by atoms with Crippen LogP contribution in [-0.2, 0) is 57.2 Å². The van der Waals surface area contributed by atoms with E-state index in [0.29, 0.717) is 12.8 Å². The molecule has 0 aromatic heterocycles. The summed E-state index contributed by atoms with van der Waals surface area (Å²) in [5, 5.41) is 9.13. The van der Waals surface area contributed by atoms with Crippen molar-refractivity contribution in [3.05, 3.63) is 0 Å². The van der Waals surface area contributed by atoms with Crippen LogP contribution in [-0.4, -0.2) is 138 Å². The van der Waals surface area contributed by atoms with Crippen LogP contribution >= 0.6 is 0 Å². The molecule has 15 nitrogen and oxygen atoms in total. The van der Waals surface area contributed by atoms with E-state index < -0.39 is 12.1 Å². The number of carbonyl (C=O) groups excluding carboxylic acids is 6. The van der Waals surface area contributed by atoms with Crippen molar-refractivity contribution in [3.8, 4) is 0 Å². The first-order valence-corrected chi connectivity index (χ1v) is 19.0. The molecular formula is C38H69N3O12. The van der Waals surface area contributed by atoms with Crippen molar-refractivity contribution in [1.82, 2.24) is 16.0 Å². The fourth-order valence-corrected chi connectivity index (χ4v) is 4.52. The fourth-order valence-electron chi connectivity index (χ4n) is 4.52. The summed E-state index contributed by atoms with van der Waals surface area (Å²) in [7, 11) is 0. The summed E-state index contributed by atoms with van der Waals surface area (Å²) in [5.41, 5.74) is 0. The molecule has 3 N–H and O–H groups in total. The fraction of sp³-hybridized carbons (Fsp3) is 0.842. The zero-order valence-corrected chi connectivity index (χ0v) is 33.6. The predicted octanol–water partition coefficient (Wildman–Crippen LogP) is 2.39. The first-order chi connectivity index (χ1) is 25.1. The van der Waals surface area contributed by atoms with Gasteiger partial charge in [-0.15, -0.1) is 0 Å². The third-order valence-electron chi connectivity index (χ3n) is 7.63. The normalized spacial score (nSPS) is 13.3. The SMILES string of the molecule is CC(=O)CCOCC(COCCC(=O)C(C)C)NC(=O)CCOCC(COCCC(=O)NC(COCCC(C)=O)COCCC(=O)C(C)C)NC(C)C. The third-order valence-corrected chi connectivity index (χ3v) is 7.63. The lowest BCUT2D eigenvalue weighted by molar-refractivity contribution is -0.126. The molecule has 2 atom stereocenters. The van der Waals surface area contributed by atoms with E-state index in [2.05, 4.69) is 16.0 Å². The lowest BCUT2D eigenvalue weighted by Crippen LogP contribution is -2.43. The molecule has 2 amide bonds. The molecule has 0 aromatic carbocycles. The van der Waals surface area contributed by atoms with Crippen LogP contribution in [0.15, 0.2) is 0 Å². The Hall–Kier alpha value is -2.66. The number of Topliss-reactive ketones (excluding diaryl/α,β-unsaturated/α-hetero) is 4. The first-order valence-electron chi connectivity index (χ1n) is 19.0. The minimum Gasteiger partial charge on any atom is -0.379 e. The van der Waals surface area contributed by atoms with Gasteiger partial charge in [-0.3, -0.25) is 28.8 Å². The monoisotopic (exact) mass is 759 g/mol. The summed E-state index contributed by atoms with van der Waals surface area (Å²) in [6, 6.07) is -0.952. The molecule has 0 aliphatic rings. The Morgan fingerprint density at radius 3 is 0.981 bits per heavy atom. The lowest BCUT2D eigenvalue weighted by atomic mass is 10.1. The molecule has 0 rings (SSSR count). The van der Waals surface area contributed by atoms with E-state index in [1.54, 1.807) is 0 Å². The molecule has 15 heteroatoms. The predicted molar refractivity (Wildman–Crippen MR) is 200 cm³/mol. The maximum Gasteiger partial charge on any atom is 0.222 e. The number of ketones is 4. The van der Waals surface area contributed by atoms with E-state index in [-0.39, 0.29) is 164 Å². The largest absolute Gasteiger partial charge is 0.379 e. The van der Waals surface area contributed by atoms with Crippen molar-refractivity contribution < 1.29 is 57.2 Å². The van der Waals surface area contributed by atoms with Gasteiger partial charge in [-0.25, -0.2) is 0 Å². The van der Waals surface area contributed by atoms with Crippen LogP contribution in [0.25, 0.3) is 0 Å². The van der Waals surface area contributed by atoms with E-state index in [1.807, 2.05) is 41.5 Å². The number of hydrogen-bond acceptors (Lipinski definition) is 13. The average Bonchev–Trinajstić information content (AvgIpc) is 3.07. The molecule has 0 saturated carbocycles. The summed E-state index contributed by atoms with van der Waals surface area (Å²) in [6.07, 6.45) is 1.34. The van der Waals surface area contributed by atoms with Crippen LogP contribution in [0.3, 0.4) is 0 Å². The molecule has 0 aromatic rings. The summed E-state index contributed by atoms with van der Waals surface area (Å²) in [5.74, 6) is -0.417. The Labute approximate surface area is 317 Å². The first kappa shape index (κ1) is 50.3. The zero-order chi connectivity index (χ0) is 40.0. The summed E-state index contributed by atoms with van der Waals surface area (Å²) < 4.78 is 34.0. The molecule has 0 bridgehead atoms. The topological polar surface area (TPSA) is 194 Å². The lowest BCUT2D eigenvalue weighted by Gasteiger charge is -2.22. The molecule has 2 unspecified atom stereocenters. The summed E-state index contributed by atoms with van der Waals surface area (Å²) in [4.78, 5) is 71.6. The minimum atomic E-state index is -0.452. The highest BCUT2D eigenvalue weighted by atomic mass is 16.5. The van der Waals surface area contributed by atoms with Gasteiger partial charge >= 0.3 is 0 Å². The highest BCUT2D eigenvalue weighted by molar-refractivity contribution is 5.80. The molecule has 0 saturated heterocycles. The Kier molecular flexibility index (Phi) is 30.1. The number of hydrogen-bond donors (Lipinski definition) is 3. The van der Waals surface area contributed by atoms with Gasteiger partial charge in [0.25, 0.3) is 0 Å². The quantitative estimate of drug-likeness (QED) is 0.0790. The van der Waals surface area contributed by atoms with Gasteiger partial charge in [0.2, 0.25) is 11.8 Å². The van der Waals surface area contributed by atoms with E-state index in [9.17, 15) is 28.8 Å². The third kappa shape index (κ3) is 31.4. The number of nitrogens with one attached hydrogen (secondary N) is 3. The van der Waals surface area contributed by atoms with Crippen molar-refractivity contribution >= 4 is 34.9 Å². The molecular weight excluding hydrogens is 690 g/mol. The van der Waals surface area contributed by atoms with Crippen LogP contribution in [0.4, 0.5) is 0 Å². The van der Waals surface area contributed by atoms with Gasteiger partial charge in [0.1, 0.15) is 23.1 Å². The average molecular weight is 760 g/mol.